The van der Waals surface area contributed by atoms with Gasteiger partial charge in [-0.05, 0) is 31.4 Å². The lowest BCUT2D eigenvalue weighted by Crippen LogP contribution is -2.36. The molecule has 1 fully saturated rings. The highest BCUT2D eigenvalue weighted by Gasteiger charge is 2.39. The van der Waals surface area contributed by atoms with E-state index in [-0.39, 0.29) is 11.9 Å². The molecule has 1 aromatic carbocycles. The van der Waals surface area contributed by atoms with Gasteiger partial charge in [-0.3, -0.25) is 10.1 Å². The summed E-state index contributed by atoms with van der Waals surface area (Å²) in [5.74, 6) is 2.11. The van der Waals surface area contributed by atoms with Gasteiger partial charge >= 0.3 is 0 Å². The Kier molecular flexibility index (Phi) is 7.29. The Labute approximate surface area is 189 Å². The number of carbonyl (C=O) groups is 1. The number of carbonyl (C=O) groups excluding carboxylic acids is 1. The van der Waals surface area contributed by atoms with Crippen LogP contribution in [0.15, 0.2) is 35.8 Å². The zero-order valence-corrected chi connectivity index (χ0v) is 19.0. The van der Waals surface area contributed by atoms with Gasteiger partial charge in [0.1, 0.15) is 6.04 Å². The number of nitrogens with one attached hydrogen (secondary N) is 1. The zero-order valence-electron chi connectivity index (χ0n) is 19.0. The van der Waals surface area contributed by atoms with Crippen LogP contribution >= 0.6 is 0 Å². The summed E-state index contributed by atoms with van der Waals surface area (Å²) in [6.07, 6.45) is 13.5. The van der Waals surface area contributed by atoms with Crippen molar-refractivity contribution in [3.63, 3.8) is 0 Å². The van der Waals surface area contributed by atoms with Gasteiger partial charge in [0.05, 0.1) is 32.3 Å². The zero-order chi connectivity index (χ0) is 22.3. The van der Waals surface area contributed by atoms with Crippen molar-refractivity contribution in [3.8, 4) is 11.5 Å². The molecule has 1 aromatic heterocycles. The lowest BCUT2D eigenvalue weighted by atomic mass is 10.1. The van der Waals surface area contributed by atoms with Gasteiger partial charge in [0.15, 0.2) is 11.5 Å². The summed E-state index contributed by atoms with van der Waals surface area (Å²) >= 11 is 0. The van der Waals surface area contributed by atoms with Crippen molar-refractivity contribution in [2.24, 2.45) is 4.99 Å². The standard InChI is InChI=1S/C24H33N5O3/c1-3-20-23(30)27-24-26-19-10-11-21(22(31-2)18(19)16-29(20)24)32-15-9-7-5-4-6-8-13-28-14-12-25-17-28/h10-12,14,17,20H,3-9,13,15-16H2,1-2H3,(H,26,27,30). The third-order valence-electron chi connectivity index (χ3n) is 6.16. The molecule has 8 heteroatoms. The maximum absolute atomic E-state index is 12.2. The normalized spacial score (nSPS) is 16.9. The molecule has 0 bridgehead atoms. The molecule has 0 radical (unpaired) electrons. The molecule has 32 heavy (non-hydrogen) atoms. The molecule has 172 valence electrons. The van der Waals surface area contributed by atoms with Crippen LogP contribution in [0.2, 0.25) is 0 Å². The molecule has 2 aliphatic rings. The third-order valence-corrected chi connectivity index (χ3v) is 6.16. The number of hydrogen-bond acceptors (Lipinski definition) is 6. The first-order chi connectivity index (χ1) is 15.7. The Morgan fingerprint density at radius 2 is 1.97 bits per heavy atom. The topological polar surface area (TPSA) is 81.0 Å². The SMILES string of the molecule is CCC1C(=O)NC2=Nc3ccc(OCCCCCCCCn4ccnc4)c(OC)c3CN21. The van der Waals surface area contributed by atoms with Crippen LogP contribution in [0.3, 0.4) is 0 Å². The number of unbranched alkanes of at least 4 members (excludes halogenated alkanes) is 5. The highest BCUT2D eigenvalue weighted by atomic mass is 16.5. The molecule has 2 aliphatic heterocycles. The molecular weight excluding hydrogens is 406 g/mol. The molecule has 8 nitrogen and oxygen atoms in total. The number of ether oxygens (including phenoxy) is 2. The first kappa shape index (κ1) is 22.2. The number of amides is 1. The fourth-order valence-electron chi connectivity index (χ4n) is 4.42. The van der Waals surface area contributed by atoms with E-state index in [9.17, 15) is 4.79 Å². The fraction of sp³-hybridized carbons (Fsp3) is 0.542. The summed E-state index contributed by atoms with van der Waals surface area (Å²) in [7, 11) is 1.66. The van der Waals surface area contributed by atoms with E-state index in [1.54, 1.807) is 7.11 Å². The van der Waals surface area contributed by atoms with Gasteiger partial charge in [-0.1, -0.05) is 32.6 Å². The van der Waals surface area contributed by atoms with E-state index in [0.29, 0.717) is 19.1 Å². The number of methoxy groups -OCH3 is 1. The predicted octanol–water partition coefficient (Wildman–Crippen LogP) is 4.02. The average molecular weight is 440 g/mol. The van der Waals surface area contributed by atoms with E-state index in [1.807, 2.05) is 42.7 Å². The van der Waals surface area contributed by atoms with E-state index in [1.165, 1.54) is 25.7 Å². The minimum Gasteiger partial charge on any atom is -0.492 e. The molecule has 0 spiro atoms. The Morgan fingerprint density at radius 1 is 1.16 bits per heavy atom. The Morgan fingerprint density at radius 3 is 2.72 bits per heavy atom. The van der Waals surface area contributed by atoms with Gasteiger partial charge in [-0.25, -0.2) is 9.98 Å². The summed E-state index contributed by atoms with van der Waals surface area (Å²) < 4.78 is 13.9. The fourth-order valence-corrected chi connectivity index (χ4v) is 4.42. The molecule has 2 aromatic rings. The number of nitrogens with zero attached hydrogens (tertiary/aromatic N) is 4. The monoisotopic (exact) mass is 439 g/mol. The molecule has 0 saturated carbocycles. The Balaban J connectivity index is 1.23. The van der Waals surface area contributed by atoms with Gasteiger partial charge in [-0.15, -0.1) is 0 Å². The second-order valence-corrected chi connectivity index (χ2v) is 8.34. The minimum atomic E-state index is -0.184. The Hall–Kier alpha value is -3.03. The summed E-state index contributed by atoms with van der Waals surface area (Å²) in [5, 5.41) is 2.88. The molecular formula is C24H33N5O3. The van der Waals surface area contributed by atoms with E-state index in [0.717, 1.165) is 48.6 Å². The summed E-state index contributed by atoms with van der Waals surface area (Å²) in [6, 6.07) is 3.68. The van der Waals surface area contributed by atoms with Crippen molar-refractivity contribution in [3.05, 3.63) is 36.4 Å². The van der Waals surface area contributed by atoms with Crippen molar-refractivity contribution in [1.82, 2.24) is 19.8 Å². The maximum Gasteiger partial charge on any atom is 0.249 e. The van der Waals surface area contributed by atoms with Gasteiger partial charge in [0, 0.05) is 24.5 Å². The number of aliphatic imine (C=N–C) groups is 1. The van der Waals surface area contributed by atoms with Crippen LogP contribution in [0.5, 0.6) is 11.5 Å². The van der Waals surface area contributed by atoms with Crippen LogP contribution in [0.25, 0.3) is 0 Å². The van der Waals surface area contributed by atoms with Gasteiger partial charge < -0.3 is 18.9 Å². The highest BCUT2D eigenvalue weighted by molar-refractivity contribution is 6.07. The van der Waals surface area contributed by atoms with Gasteiger partial charge in [0.25, 0.3) is 0 Å². The second-order valence-electron chi connectivity index (χ2n) is 8.34. The molecule has 0 aliphatic carbocycles. The second kappa shape index (κ2) is 10.5. The quantitative estimate of drug-likeness (QED) is 0.505. The first-order valence-electron chi connectivity index (χ1n) is 11.7. The van der Waals surface area contributed by atoms with E-state index in [2.05, 4.69) is 19.9 Å². The van der Waals surface area contributed by atoms with Crippen LogP contribution in [0.4, 0.5) is 5.69 Å². The van der Waals surface area contributed by atoms with Crippen LogP contribution in [-0.4, -0.2) is 46.1 Å². The number of imidazole rings is 1. The minimum absolute atomic E-state index is 0.0104. The van der Waals surface area contributed by atoms with Crippen molar-refractivity contribution in [2.75, 3.05) is 13.7 Å². The summed E-state index contributed by atoms with van der Waals surface area (Å²) in [6.45, 7) is 4.32. The number of benzene rings is 1. The molecule has 3 heterocycles. The molecule has 1 unspecified atom stereocenters. The predicted molar refractivity (Wildman–Crippen MR) is 123 cm³/mol. The Bertz CT molecular complexity index is 941. The summed E-state index contributed by atoms with van der Waals surface area (Å²) in [4.78, 5) is 22.9. The molecule has 1 atom stereocenters. The number of hydrogen-bond donors (Lipinski definition) is 1. The number of aryl methyl sites for hydroxylation is 1. The van der Waals surface area contributed by atoms with Crippen molar-refractivity contribution in [2.45, 2.75) is 71.0 Å². The number of guanidine groups is 1. The van der Waals surface area contributed by atoms with E-state index < -0.39 is 0 Å². The van der Waals surface area contributed by atoms with Gasteiger partial charge in [-0.2, -0.15) is 0 Å². The lowest BCUT2D eigenvalue weighted by molar-refractivity contribution is -0.121. The average Bonchev–Trinajstić information content (AvgIpc) is 3.42. The van der Waals surface area contributed by atoms with Crippen molar-refractivity contribution < 1.29 is 14.3 Å². The highest BCUT2D eigenvalue weighted by Crippen LogP contribution is 2.41. The first-order valence-corrected chi connectivity index (χ1v) is 11.7. The smallest absolute Gasteiger partial charge is 0.249 e. The van der Waals surface area contributed by atoms with Crippen molar-refractivity contribution >= 4 is 17.6 Å². The largest absolute Gasteiger partial charge is 0.492 e. The van der Waals surface area contributed by atoms with Crippen LogP contribution in [0, 0.1) is 0 Å². The molecule has 1 saturated heterocycles. The summed E-state index contributed by atoms with van der Waals surface area (Å²) in [5.41, 5.74) is 1.80. The number of fused-ring (bicyclic) bond motifs is 2. The number of aromatic nitrogens is 2. The maximum atomic E-state index is 12.2. The molecule has 4 rings (SSSR count). The van der Waals surface area contributed by atoms with Gasteiger partial charge in [0.2, 0.25) is 11.9 Å². The van der Waals surface area contributed by atoms with E-state index in [4.69, 9.17) is 9.47 Å². The number of rotatable bonds is 12. The lowest BCUT2D eigenvalue weighted by Gasteiger charge is -2.28. The van der Waals surface area contributed by atoms with Crippen LogP contribution < -0.4 is 14.8 Å². The molecule has 1 N–H and O–H groups in total. The van der Waals surface area contributed by atoms with Crippen LogP contribution in [0.1, 0.15) is 57.4 Å². The van der Waals surface area contributed by atoms with Crippen molar-refractivity contribution in [1.29, 1.82) is 0 Å². The third kappa shape index (κ3) is 4.89. The molecule has 1 amide bonds. The van der Waals surface area contributed by atoms with E-state index >= 15 is 0 Å². The van der Waals surface area contributed by atoms with Crippen LogP contribution in [-0.2, 0) is 17.9 Å².